The standard InChI is InChI=1S/C83H49F3N8/c1-87-67-39-63(38-66(47-67)83(84,85)86)68-48-81(93-77-27-23-56(60-31-34-90-73(44-60)53-17-9-4-10-18-53)40-69(77)70-41-57(24-28-78(70)93)61-32-35-91-74(45-61)54-19-11-5-12-20-54)82(49-76(68)88-2)94-79-29-25-58(62-33-36-92-75(46-62)55-21-13-6-14-22-55)42-71(79)72-43-59(26-30-80(72)94)65-37-64(50-89-51-65)52-15-7-3-8-16-52/h3-51H. The van der Waals surface area contributed by atoms with Crippen LogP contribution in [0.15, 0.2) is 298 Å². The summed E-state index contributed by atoms with van der Waals surface area (Å²) in [4.78, 5) is 26.7. The lowest BCUT2D eigenvalue weighted by molar-refractivity contribution is -0.137. The molecule has 0 spiro atoms. The summed E-state index contributed by atoms with van der Waals surface area (Å²) in [6.07, 6.45) is 4.44. The van der Waals surface area contributed by atoms with Gasteiger partial charge in [-0.05, 0) is 177 Å². The molecule has 0 bridgehead atoms. The van der Waals surface area contributed by atoms with Crippen molar-refractivity contribution < 1.29 is 13.2 Å². The second-order valence-corrected chi connectivity index (χ2v) is 23.2. The Morgan fingerprint density at radius 3 is 1.07 bits per heavy atom. The van der Waals surface area contributed by atoms with Gasteiger partial charge < -0.3 is 9.13 Å². The minimum Gasteiger partial charge on any atom is -0.308 e. The van der Waals surface area contributed by atoms with E-state index in [1.165, 1.54) is 6.07 Å². The number of hydrogen-bond acceptors (Lipinski definition) is 4. The third-order valence-corrected chi connectivity index (χ3v) is 17.6. The minimum atomic E-state index is -4.79. The third-order valence-electron chi connectivity index (χ3n) is 17.6. The van der Waals surface area contributed by atoms with E-state index < -0.39 is 11.7 Å². The molecule has 8 nitrogen and oxygen atoms in total. The lowest BCUT2D eigenvalue weighted by Gasteiger charge is -2.20. The zero-order valence-electron chi connectivity index (χ0n) is 50.0. The summed E-state index contributed by atoms with van der Waals surface area (Å²) in [5.41, 5.74) is 18.6. The maximum absolute atomic E-state index is 15.0. The first kappa shape index (κ1) is 56.4. The Bertz CT molecular complexity index is 5470. The summed E-state index contributed by atoms with van der Waals surface area (Å²) in [5, 5.41) is 3.62. The van der Waals surface area contributed by atoms with Crippen molar-refractivity contribution in [2.45, 2.75) is 6.18 Å². The fraction of sp³-hybridized carbons (Fsp3) is 0.0120. The predicted molar refractivity (Wildman–Crippen MR) is 373 cm³/mol. The summed E-state index contributed by atoms with van der Waals surface area (Å²) in [5.74, 6) is 0. The molecule has 442 valence electrons. The fourth-order valence-corrected chi connectivity index (χ4v) is 13.0. The van der Waals surface area contributed by atoms with Crippen LogP contribution in [0.5, 0.6) is 0 Å². The Labute approximate surface area is 538 Å². The van der Waals surface area contributed by atoms with Gasteiger partial charge in [0.05, 0.1) is 63.7 Å². The Balaban J connectivity index is 0.987. The van der Waals surface area contributed by atoms with Crippen LogP contribution in [-0.2, 0) is 6.18 Å². The highest BCUT2D eigenvalue weighted by atomic mass is 19.4. The first-order valence-electron chi connectivity index (χ1n) is 30.5. The second-order valence-electron chi connectivity index (χ2n) is 23.2. The molecule has 0 aliphatic rings. The van der Waals surface area contributed by atoms with Crippen LogP contribution in [0.1, 0.15) is 5.56 Å². The minimum absolute atomic E-state index is 0.0823. The molecule has 16 rings (SSSR count). The van der Waals surface area contributed by atoms with Crippen molar-refractivity contribution >= 4 is 55.0 Å². The predicted octanol–water partition coefficient (Wildman–Crippen LogP) is 22.6. The Morgan fingerprint density at radius 1 is 0.309 bits per heavy atom. The van der Waals surface area contributed by atoms with Crippen LogP contribution in [0.2, 0.25) is 0 Å². The van der Waals surface area contributed by atoms with Crippen molar-refractivity contribution in [2.75, 3.05) is 0 Å². The van der Waals surface area contributed by atoms with E-state index in [9.17, 15) is 13.2 Å². The number of fused-ring (bicyclic) bond motifs is 6. The van der Waals surface area contributed by atoms with Gasteiger partial charge in [0.2, 0.25) is 0 Å². The molecule has 0 unspecified atom stereocenters. The lowest BCUT2D eigenvalue weighted by atomic mass is 9.98. The van der Waals surface area contributed by atoms with Crippen LogP contribution >= 0.6 is 0 Å². The summed E-state index contributed by atoms with van der Waals surface area (Å²) < 4.78 is 49.3. The molecule has 6 heterocycles. The zero-order chi connectivity index (χ0) is 63.4. The van der Waals surface area contributed by atoms with Crippen molar-refractivity contribution in [3.05, 3.63) is 326 Å². The molecule has 11 heteroatoms. The number of benzene rings is 10. The molecular weight excluding hydrogens is 1170 g/mol. The molecule has 0 saturated heterocycles. The number of rotatable bonds is 11. The van der Waals surface area contributed by atoms with E-state index in [0.717, 1.165) is 145 Å². The highest BCUT2D eigenvalue weighted by Gasteiger charge is 2.32. The fourth-order valence-electron chi connectivity index (χ4n) is 13.0. The van der Waals surface area contributed by atoms with Gasteiger partial charge in [0.1, 0.15) is 0 Å². The van der Waals surface area contributed by atoms with Gasteiger partial charge in [0.15, 0.2) is 11.4 Å². The third kappa shape index (κ3) is 10.3. The van der Waals surface area contributed by atoms with Gasteiger partial charge in [0, 0.05) is 85.9 Å². The molecule has 94 heavy (non-hydrogen) atoms. The molecule has 10 aromatic carbocycles. The van der Waals surface area contributed by atoms with Crippen LogP contribution in [0.25, 0.3) is 165 Å². The topological polar surface area (TPSA) is 70.1 Å². The van der Waals surface area contributed by atoms with E-state index in [-0.39, 0.29) is 22.5 Å². The summed E-state index contributed by atoms with van der Waals surface area (Å²) in [6, 6.07) is 87.3. The maximum Gasteiger partial charge on any atom is 0.415 e. The molecule has 0 aliphatic heterocycles. The molecule has 16 aromatic rings. The summed E-state index contributed by atoms with van der Waals surface area (Å²) >= 11 is 0. The molecule has 6 aromatic heterocycles. The van der Waals surface area contributed by atoms with Crippen molar-refractivity contribution in [2.24, 2.45) is 0 Å². The second kappa shape index (κ2) is 23.2. The van der Waals surface area contributed by atoms with Crippen LogP contribution in [0.3, 0.4) is 0 Å². The number of aromatic nitrogens is 6. The highest BCUT2D eigenvalue weighted by molar-refractivity contribution is 6.14. The van der Waals surface area contributed by atoms with E-state index in [1.54, 1.807) is 6.07 Å². The summed E-state index contributed by atoms with van der Waals surface area (Å²) in [6.45, 7) is 16.9. The van der Waals surface area contributed by atoms with E-state index in [2.05, 4.69) is 128 Å². The molecule has 0 saturated carbocycles. The number of halogens is 3. The van der Waals surface area contributed by atoms with Gasteiger partial charge in [-0.3, -0.25) is 19.9 Å². The Kier molecular flexibility index (Phi) is 13.9. The van der Waals surface area contributed by atoms with Crippen LogP contribution in [-0.4, -0.2) is 29.1 Å². The zero-order valence-corrected chi connectivity index (χ0v) is 50.0. The normalized spacial score (nSPS) is 11.5. The van der Waals surface area contributed by atoms with Crippen LogP contribution < -0.4 is 0 Å². The largest absolute Gasteiger partial charge is 0.415 e. The van der Waals surface area contributed by atoms with Gasteiger partial charge in [-0.2, -0.15) is 13.2 Å². The van der Waals surface area contributed by atoms with Gasteiger partial charge in [-0.15, -0.1) is 0 Å². The average molecular weight is 1220 g/mol. The van der Waals surface area contributed by atoms with Crippen molar-refractivity contribution in [3.63, 3.8) is 0 Å². The Hall–Kier alpha value is -12.8. The maximum atomic E-state index is 15.0. The molecule has 0 atom stereocenters. The van der Waals surface area contributed by atoms with Gasteiger partial charge in [-0.25, -0.2) is 9.69 Å². The average Bonchev–Trinajstić information content (AvgIpc) is 1.55. The quantitative estimate of drug-likeness (QED) is 0.121. The van der Waals surface area contributed by atoms with Crippen molar-refractivity contribution in [1.82, 2.24) is 29.1 Å². The SMILES string of the molecule is [C-]#[N+]c1cc(-c2cc(-n3c4ccc(-c5ccnc(-c6ccccc6)c5)cc4c4cc(-c5ccnc(-c6ccccc6)c5)ccc43)c(-n3c4ccc(-c5cncc(-c6ccccc6)c5)cc4c4cc(-c5ccnc(-c6ccccc6)c5)ccc43)cc2[N+]#[C-])cc(C(F)(F)F)c1. The van der Waals surface area contributed by atoms with Crippen molar-refractivity contribution in [3.8, 4) is 112 Å². The molecule has 0 N–H and O–H groups in total. The van der Waals surface area contributed by atoms with E-state index in [1.807, 2.05) is 164 Å². The van der Waals surface area contributed by atoms with E-state index in [0.29, 0.717) is 11.4 Å². The number of hydrogen-bond donors (Lipinski definition) is 0. The van der Waals surface area contributed by atoms with E-state index >= 15 is 0 Å². The Morgan fingerprint density at radius 2 is 0.681 bits per heavy atom. The highest BCUT2D eigenvalue weighted by Crippen LogP contribution is 2.47. The van der Waals surface area contributed by atoms with Gasteiger partial charge >= 0.3 is 6.18 Å². The molecule has 0 fully saturated rings. The summed E-state index contributed by atoms with van der Waals surface area (Å²) in [7, 11) is 0. The molecular formula is C83H49F3N8. The van der Waals surface area contributed by atoms with Gasteiger partial charge in [-0.1, -0.05) is 146 Å². The molecule has 0 amide bonds. The van der Waals surface area contributed by atoms with Crippen molar-refractivity contribution in [1.29, 1.82) is 0 Å². The smallest absolute Gasteiger partial charge is 0.308 e. The number of nitrogens with zero attached hydrogens (tertiary/aromatic N) is 8. The molecule has 0 radical (unpaired) electrons. The first-order chi connectivity index (χ1) is 46.1. The van der Waals surface area contributed by atoms with Crippen LogP contribution in [0.4, 0.5) is 24.5 Å². The number of pyridine rings is 4. The lowest BCUT2D eigenvalue weighted by Crippen LogP contribution is -2.06. The first-order valence-corrected chi connectivity index (χ1v) is 30.5. The van der Waals surface area contributed by atoms with E-state index in [4.69, 9.17) is 33.1 Å². The van der Waals surface area contributed by atoms with Gasteiger partial charge in [0.25, 0.3) is 0 Å². The van der Waals surface area contributed by atoms with Crippen LogP contribution in [0, 0.1) is 13.1 Å². The number of alkyl halides is 3. The monoisotopic (exact) mass is 1210 g/mol. The molecule has 0 aliphatic carbocycles.